The number of rotatable bonds is 3. The van der Waals surface area contributed by atoms with E-state index < -0.39 is 6.04 Å². The van der Waals surface area contributed by atoms with Crippen molar-refractivity contribution in [2.45, 2.75) is 25.3 Å². The van der Waals surface area contributed by atoms with Gasteiger partial charge in [0.05, 0.1) is 16.3 Å². The lowest BCUT2D eigenvalue weighted by Crippen LogP contribution is -2.50. The number of carbonyl (C=O) groups excluding carboxylic acids is 2. The van der Waals surface area contributed by atoms with Crippen LogP contribution in [0, 0.1) is 0 Å². The molecule has 1 saturated heterocycles. The number of hydrogen-bond acceptors (Lipinski definition) is 2. The van der Waals surface area contributed by atoms with Crippen LogP contribution >= 0.6 is 23.2 Å². The molecule has 0 bridgehead atoms. The van der Waals surface area contributed by atoms with Gasteiger partial charge in [-0.25, -0.2) is 0 Å². The average molecular weight is 366 g/mol. The van der Waals surface area contributed by atoms with Gasteiger partial charge in [0.25, 0.3) is 5.91 Å². The summed E-state index contributed by atoms with van der Waals surface area (Å²) in [5.41, 5.74) is 1.05. The first-order valence-electron chi connectivity index (χ1n) is 7.76. The molecule has 1 aliphatic heterocycles. The predicted octanol–water partition coefficient (Wildman–Crippen LogP) is 3.95. The lowest BCUT2D eigenvalue weighted by atomic mass is 10.0. The molecule has 126 valence electrons. The molecule has 24 heavy (non-hydrogen) atoms. The maximum Gasteiger partial charge on any atom is 0.256 e. The van der Waals surface area contributed by atoms with E-state index >= 15 is 0 Å². The highest BCUT2D eigenvalue weighted by molar-refractivity contribution is 6.36. The van der Waals surface area contributed by atoms with Crippen LogP contribution in [0.1, 0.15) is 29.6 Å². The van der Waals surface area contributed by atoms with Crippen molar-refractivity contribution in [2.75, 3.05) is 11.9 Å². The fourth-order valence-electron chi connectivity index (χ4n) is 2.88. The zero-order valence-corrected chi connectivity index (χ0v) is 14.4. The van der Waals surface area contributed by atoms with Crippen LogP contribution in [0.4, 0.5) is 5.69 Å². The third kappa shape index (κ3) is 3.57. The van der Waals surface area contributed by atoms with E-state index in [9.17, 15) is 9.59 Å². The summed E-state index contributed by atoms with van der Waals surface area (Å²) in [6.45, 7) is 0.566. The van der Waals surface area contributed by atoms with Crippen molar-refractivity contribution >= 4 is 40.7 Å². The number of anilines is 1. The summed E-state index contributed by atoms with van der Waals surface area (Å²) in [4.78, 5) is 29.8. The molecule has 2 aromatic rings. The highest BCUT2D eigenvalue weighted by atomic mass is 35.5. The Morgan fingerprint density at radius 2 is 2.04 bits per heavy atom. The lowest BCUT2D eigenvalue weighted by molar-refractivity contribution is -0.121. The van der Waals surface area contributed by atoms with E-state index in [1.807, 2.05) is 0 Å². The average Bonchev–Trinajstić information content (AvgIpc) is 3.11. The Hall–Kier alpha value is -1.98. The van der Waals surface area contributed by atoms with Crippen molar-refractivity contribution in [2.24, 2.45) is 0 Å². The number of halogens is 2. The van der Waals surface area contributed by atoms with Gasteiger partial charge in [-0.3, -0.25) is 9.59 Å². The number of piperidine rings is 1. The molecule has 1 fully saturated rings. The van der Waals surface area contributed by atoms with Crippen LogP contribution in [0.2, 0.25) is 10.0 Å². The molecule has 2 amide bonds. The highest BCUT2D eigenvalue weighted by Crippen LogP contribution is 2.27. The lowest BCUT2D eigenvalue weighted by Gasteiger charge is -2.34. The van der Waals surface area contributed by atoms with E-state index in [0.717, 1.165) is 12.8 Å². The van der Waals surface area contributed by atoms with Gasteiger partial charge in [0.1, 0.15) is 6.04 Å². The summed E-state index contributed by atoms with van der Waals surface area (Å²) in [6.07, 6.45) is 5.76. The normalized spacial score (nSPS) is 17.6. The summed E-state index contributed by atoms with van der Waals surface area (Å²) < 4.78 is 0. The number of H-pyrrole nitrogens is 1. The fourth-order valence-corrected chi connectivity index (χ4v) is 3.33. The molecule has 0 spiro atoms. The number of benzene rings is 1. The van der Waals surface area contributed by atoms with Gasteiger partial charge in [-0.2, -0.15) is 0 Å². The number of nitrogens with one attached hydrogen (secondary N) is 2. The molecular formula is C17H17Cl2N3O2. The zero-order chi connectivity index (χ0) is 17.1. The molecule has 1 aliphatic rings. The van der Waals surface area contributed by atoms with Crippen molar-refractivity contribution in [3.8, 4) is 0 Å². The van der Waals surface area contributed by atoms with E-state index in [2.05, 4.69) is 10.3 Å². The maximum atomic E-state index is 12.7. The molecule has 1 atom stereocenters. The quantitative estimate of drug-likeness (QED) is 0.864. The summed E-state index contributed by atoms with van der Waals surface area (Å²) in [5, 5.41) is 3.68. The monoisotopic (exact) mass is 365 g/mol. The second-order valence-electron chi connectivity index (χ2n) is 5.72. The predicted molar refractivity (Wildman–Crippen MR) is 94.6 cm³/mol. The first-order valence-corrected chi connectivity index (χ1v) is 8.51. The zero-order valence-electron chi connectivity index (χ0n) is 12.9. The molecule has 2 N–H and O–H groups in total. The van der Waals surface area contributed by atoms with Gasteiger partial charge in [0.2, 0.25) is 5.91 Å². The van der Waals surface area contributed by atoms with Crippen LogP contribution in [0.15, 0.2) is 36.7 Å². The fraction of sp³-hybridized carbons (Fsp3) is 0.294. The van der Waals surface area contributed by atoms with E-state index in [0.29, 0.717) is 34.3 Å². The Labute approximate surface area is 149 Å². The van der Waals surface area contributed by atoms with Gasteiger partial charge in [0, 0.05) is 24.0 Å². The van der Waals surface area contributed by atoms with Crippen LogP contribution in [-0.2, 0) is 4.79 Å². The third-order valence-corrected chi connectivity index (χ3v) is 4.65. The van der Waals surface area contributed by atoms with Crippen LogP contribution < -0.4 is 5.32 Å². The highest BCUT2D eigenvalue weighted by Gasteiger charge is 2.33. The number of carbonyl (C=O) groups is 2. The minimum absolute atomic E-state index is 0.140. The van der Waals surface area contributed by atoms with Gasteiger partial charge in [-0.1, -0.05) is 23.2 Å². The van der Waals surface area contributed by atoms with E-state index in [1.165, 1.54) is 0 Å². The molecule has 5 nitrogen and oxygen atoms in total. The summed E-state index contributed by atoms with van der Waals surface area (Å²) in [7, 11) is 0. The maximum absolute atomic E-state index is 12.7. The van der Waals surface area contributed by atoms with Gasteiger partial charge < -0.3 is 15.2 Å². The van der Waals surface area contributed by atoms with Crippen molar-refractivity contribution in [3.63, 3.8) is 0 Å². The largest absolute Gasteiger partial charge is 0.367 e. The van der Waals surface area contributed by atoms with Gasteiger partial charge in [-0.15, -0.1) is 0 Å². The number of aromatic nitrogens is 1. The number of nitrogens with zero attached hydrogens (tertiary/aromatic N) is 1. The first kappa shape index (κ1) is 16.9. The van der Waals surface area contributed by atoms with Gasteiger partial charge in [-0.05, 0) is 43.5 Å². The molecular weight excluding hydrogens is 349 g/mol. The van der Waals surface area contributed by atoms with E-state index in [-0.39, 0.29) is 11.8 Å². The number of aromatic amines is 1. The molecule has 1 aromatic carbocycles. The number of amides is 2. The molecule has 1 unspecified atom stereocenters. The van der Waals surface area contributed by atoms with Crippen LogP contribution in [0.25, 0.3) is 0 Å². The summed E-state index contributed by atoms with van der Waals surface area (Å²) in [6, 6.07) is 6.09. The van der Waals surface area contributed by atoms with E-state index in [4.69, 9.17) is 23.2 Å². The number of hydrogen-bond donors (Lipinski definition) is 2. The summed E-state index contributed by atoms with van der Waals surface area (Å²) >= 11 is 12.0. The number of likely N-dealkylation sites (tertiary alicyclic amines) is 1. The molecule has 2 heterocycles. The van der Waals surface area contributed by atoms with Crippen LogP contribution in [0.3, 0.4) is 0 Å². The molecule has 0 aliphatic carbocycles. The van der Waals surface area contributed by atoms with Gasteiger partial charge in [0.15, 0.2) is 0 Å². The Morgan fingerprint density at radius 3 is 2.75 bits per heavy atom. The van der Waals surface area contributed by atoms with Crippen molar-refractivity contribution in [1.82, 2.24) is 9.88 Å². The van der Waals surface area contributed by atoms with Crippen molar-refractivity contribution in [1.29, 1.82) is 0 Å². The van der Waals surface area contributed by atoms with Crippen molar-refractivity contribution < 1.29 is 9.59 Å². The first-order chi connectivity index (χ1) is 11.6. The Kier molecular flexibility index (Phi) is 5.11. The molecule has 7 heteroatoms. The topological polar surface area (TPSA) is 65.2 Å². The molecule has 0 radical (unpaired) electrons. The molecule has 0 saturated carbocycles. The van der Waals surface area contributed by atoms with Crippen molar-refractivity contribution in [3.05, 3.63) is 52.3 Å². The summed E-state index contributed by atoms with van der Waals surface area (Å²) in [5.74, 6) is -0.374. The minimum Gasteiger partial charge on any atom is -0.367 e. The second kappa shape index (κ2) is 7.28. The van der Waals surface area contributed by atoms with E-state index in [1.54, 1.807) is 41.6 Å². The van der Waals surface area contributed by atoms with Gasteiger partial charge >= 0.3 is 0 Å². The molecule has 3 rings (SSSR count). The Morgan fingerprint density at radius 1 is 1.21 bits per heavy atom. The Balaban J connectivity index is 1.77. The standard InChI is InChI=1S/C17H17Cl2N3O2/c18-12-4-5-14(13(19)9-12)21-16(23)15-3-1-2-8-22(15)17(24)11-6-7-20-10-11/h4-7,9-10,15,20H,1-3,8H2,(H,21,23). The SMILES string of the molecule is O=C(Nc1ccc(Cl)cc1Cl)C1CCCCN1C(=O)c1cc[nH]c1. The smallest absolute Gasteiger partial charge is 0.256 e. The third-order valence-electron chi connectivity index (χ3n) is 4.10. The second-order valence-corrected chi connectivity index (χ2v) is 6.57. The van der Waals surface area contributed by atoms with Crippen LogP contribution in [-0.4, -0.2) is 34.3 Å². The Bertz CT molecular complexity index is 746. The van der Waals surface area contributed by atoms with Crippen LogP contribution in [0.5, 0.6) is 0 Å². The minimum atomic E-state index is -0.507. The molecule has 1 aromatic heterocycles.